The van der Waals surface area contributed by atoms with E-state index in [-0.39, 0.29) is 58.6 Å². The van der Waals surface area contributed by atoms with Gasteiger partial charge in [0.25, 0.3) is 0 Å². The maximum atomic E-state index is 10.7. The molecule has 0 heterocycles. The lowest BCUT2D eigenvalue weighted by Gasteiger charge is -2.23. The van der Waals surface area contributed by atoms with Crippen molar-refractivity contribution < 1.29 is 36.0 Å². The number of esters is 1. The lowest BCUT2D eigenvalue weighted by molar-refractivity contribution is -0.870. The van der Waals surface area contributed by atoms with Gasteiger partial charge in [-0.1, -0.05) is 29.2 Å². The molecule has 0 amide bonds. The van der Waals surface area contributed by atoms with Crippen LogP contribution >= 0.6 is 11.6 Å². The molecule has 0 saturated heterocycles. The van der Waals surface area contributed by atoms with Crippen LogP contribution in [0.2, 0.25) is 0 Å². The fraction of sp³-hybridized carbons (Fsp3) is 0.895. The normalized spacial score (nSPS) is 9.11. The van der Waals surface area contributed by atoms with E-state index in [0.29, 0.717) is 19.6 Å². The number of ketones is 1. The SMILES string of the molecule is C.C.C.CC(=O)COCC(C)(C)N.CCC(=O)OCC[N+](C)(C)C.CCl.[Cl-]. The summed E-state index contributed by atoms with van der Waals surface area (Å²) in [7, 11) is 6.21. The first kappa shape index (κ1) is 45.4. The quantitative estimate of drug-likeness (QED) is 0.343. The molecular formula is C19H48Cl2N2O4. The number of nitrogens with two attached hydrogens (primary N) is 1. The van der Waals surface area contributed by atoms with E-state index < -0.39 is 0 Å². The Morgan fingerprint density at radius 1 is 1.07 bits per heavy atom. The number of quaternary nitrogens is 1. The number of rotatable bonds is 8. The van der Waals surface area contributed by atoms with Crippen LogP contribution in [0.4, 0.5) is 0 Å². The van der Waals surface area contributed by atoms with Crippen LogP contribution in [-0.4, -0.2) is 75.7 Å². The van der Waals surface area contributed by atoms with Gasteiger partial charge in [0.2, 0.25) is 0 Å². The molecule has 0 aliphatic carbocycles. The Bertz CT molecular complexity index is 316. The molecule has 27 heavy (non-hydrogen) atoms. The molecule has 0 spiro atoms. The third-order valence-corrected chi connectivity index (χ3v) is 2.09. The Hall–Kier alpha value is -0.400. The van der Waals surface area contributed by atoms with Gasteiger partial charge < -0.3 is 32.1 Å². The van der Waals surface area contributed by atoms with E-state index in [1.165, 1.54) is 13.3 Å². The van der Waals surface area contributed by atoms with Crippen LogP contribution in [0.1, 0.15) is 56.4 Å². The van der Waals surface area contributed by atoms with Gasteiger partial charge >= 0.3 is 5.97 Å². The monoisotopic (exact) mass is 438 g/mol. The van der Waals surface area contributed by atoms with Crippen LogP contribution in [0, 0.1) is 0 Å². The van der Waals surface area contributed by atoms with Crippen molar-refractivity contribution >= 4 is 23.4 Å². The summed E-state index contributed by atoms with van der Waals surface area (Å²) in [5.41, 5.74) is 5.25. The number of halogens is 2. The molecule has 0 saturated carbocycles. The average molecular weight is 440 g/mol. The molecule has 0 aliphatic rings. The number of Topliss-reactive ketones (excluding diaryl/α,β-unsaturated/α-hetero) is 1. The molecule has 0 aromatic carbocycles. The van der Waals surface area contributed by atoms with E-state index >= 15 is 0 Å². The maximum absolute atomic E-state index is 10.7. The summed E-state index contributed by atoms with van der Waals surface area (Å²) in [5.74, 6) is -0.0808. The molecule has 0 atom stereocenters. The minimum absolute atomic E-state index is 0. The van der Waals surface area contributed by atoms with E-state index in [9.17, 15) is 9.59 Å². The molecule has 6 nitrogen and oxygen atoms in total. The van der Waals surface area contributed by atoms with Crippen molar-refractivity contribution in [1.29, 1.82) is 0 Å². The van der Waals surface area contributed by atoms with Crippen molar-refractivity contribution in [2.45, 2.75) is 61.9 Å². The van der Waals surface area contributed by atoms with Gasteiger partial charge in [-0.25, -0.2) is 0 Å². The van der Waals surface area contributed by atoms with Crippen LogP contribution in [0.15, 0.2) is 0 Å². The Morgan fingerprint density at radius 2 is 1.48 bits per heavy atom. The molecular weight excluding hydrogens is 391 g/mol. The Morgan fingerprint density at radius 3 is 1.74 bits per heavy atom. The van der Waals surface area contributed by atoms with Gasteiger partial charge in [0.05, 0.1) is 27.7 Å². The average Bonchev–Trinajstić information content (AvgIpc) is 2.38. The number of hydrogen-bond donors (Lipinski definition) is 1. The van der Waals surface area contributed by atoms with Crippen molar-refractivity contribution in [3.8, 4) is 0 Å². The molecule has 0 aromatic heterocycles. The summed E-state index contributed by atoms with van der Waals surface area (Å²) in [5, 5.41) is 0. The second-order valence-corrected chi connectivity index (χ2v) is 6.77. The fourth-order valence-corrected chi connectivity index (χ4v) is 0.993. The summed E-state index contributed by atoms with van der Waals surface area (Å²) in [4.78, 5) is 21.0. The molecule has 0 aliphatic heterocycles. The zero-order valence-electron chi connectivity index (χ0n) is 16.4. The number of carbonyl (C=O) groups excluding carboxylic acids is 2. The highest BCUT2D eigenvalue weighted by atomic mass is 35.5. The van der Waals surface area contributed by atoms with Crippen LogP contribution in [0.5, 0.6) is 0 Å². The van der Waals surface area contributed by atoms with Crippen LogP contribution in [0.3, 0.4) is 0 Å². The minimum Gasteiger partial charge on any atom is -1.00 e. The van der Waals surface area contributed by atoms with Crippen LogP contribution < -0.4 is 18.1 Å². The number of carbonyl (C=O) groups is 2. The van der Waals surface area contributed by atoms with Gasteiger partial charge in [-0.05, 0) is 20.8 Å². The topological polar surface area (TPSA) is 78.6 Å². The third-order valence-electron chi connectivity index (χ3n) is 2.09. The first-order valence-corrected chi connectivity index (χ1v) is 8.33. The van der Waals surface area contributed by atoms with Crippen molar-refractivity contribution in [1.82, 2.24) is 0 Å². The lowest BCUT2D eigenvalue weighted by atomic mass is 10.1. The molecule has 0 fully saturated rings. The second-order valence-electron chi connectivity index (χ2n) is 6.77. The van der Waals surface area contributed by atoms with Crippen molar-refractivity contribution in [2.75, 3.05) is 53.9 Å². The van der Waals surface area contributed by atoms with Gasteiger partial charge in [0, 0.05) is 18.3 Å². The van der Waals surface area contributed by atoms with Gasteiger partial charge in [0.15, 0.2) is 5.78 Å². The predicted octanol–water partition coefficient (Wildman–Crippen LogP) is 0.742. The summed E-state index contributed by atoms with van der Waals surface area (Å²) < 4.78 is 10.7. The molecule has 0 bridgehead atoms. The van der Waals surface area contributed by atoms with Gasteiger partial charge in [-0.2, -0.15) is 0 Å². The number of likely N-dealkylation sites (N-methyl/N-ethyl adjacent to an activating group) is 1. The number of alkyl halides is 1. The van der Waals surface area contributed by atoms with Crippen LogP contribution in [0.25, 0.3) is 0 Å². The number of ether oxygens (including phenoxy) is 2. The number of nitrogens with zero attached hydrogens (tertiary/aromatic N) is 1. The zero-order chi connectivity index (χ0) is 19.1. The van der Waals surface area contributed by atoms with Crippen molar-refractivity contribution in [2.24, 2.45) is 5.73 Å². The smallest absolute Gasteiger partial charge is 0.305 e. The fourth-order valence-electron chi connectivity index (χ4n) is 0.993. The molecule has 0 rings (SSSR count). The summed E-state index contributed by atoms with van der Waals surface area (Å²) in [6, 6.07) is 0. The highest BCUT2D eigenvalue weighted by Crippen LogP contribution is 1.96. The highest BCUT2D eigenvalue weighted by Gasteiger charge is 2.10. The Kier molecular flexibility index (Phi) is 43.0. The summed E-state index contributed by atoms with van der Waals surface area (Å²) in [6.07, 6.45) is 1.94. The molecule has 172 valence electrons. The lowest BCUT2D eigenvalue weighted by Crippen LogP contribution is -3.00. The molecule has 0 unspecified atom stereocenters. The van der Waals surface area contributed by atoms with Gasteiger partial charge in [-0.3, -0.25) is 9.59 Å². The largest absolute Gasteiger partial charge is 1.00 e. The summed E-state index contributed by atoms with van der Waals surface area (Å²) in [6.45, 7) is 8.98. The van der Waals surface area contributed by atoms with Crippen molar-refractivity contribution in [3.63, 3.8) is 0 Å². The maximum Gasteiger partial charge on any atom is 0.305 e. The van der Waals surface area contributed by atoms with Crippen molar-refractivity contribution in [3.05, 3.63) is 0 Å². The standard InChI is InChI=1S/C8H18NO2.C7H15NO2.CH3Cl.3CH4.ClH/c1-5-8(10)11-7-6-9(2,3)4;1-6(9)4-10-5-7(2,3)8;1-2;;;;/h5-7H2,1-4H3;4-5,8H2,1-3H3;1H3;3*1H4;1H/q+1;;;;;;/p-1. The first-order chi connectivity index (χ1) is 10.4. The van der Waals surface area contributed by atoms with E-state index in [1.807, 2.05) is 13.8 Å². The van der Waals surface area contributed by atoms with E-state index in [4.69, 9.17) is 15.2 Å². The summed E-state index contributed by atoms with van der Waals surface area (Å²) >= 11 is 4.64. The molecule has 0 radical (unpaired) electrons. The first-order valence-electron chi connectivity index (χ1n) is 7.57. The Balaban J connectivity index is -0.0000000478. The molecule has 8 heteroatoms. The van der Waals surface area contributed by atoms with E-state index in [2.05, 4.69) is 32.7 Å². The Labute approximate surface area is 181 Å². The minimum atomic E-state index is -0.338. The van der Waals surface area contributed by atoms with Gasteiger partial charge in [-0.15, -0.1) is 11.6 Å². The number of hydrogen-bond acceptors (Lipinski definition) is 5. The molecule has 2 N–H and O–H groups in total. The highest BCUT2D eigenvalue weighted by molar-refractivity contribution is 6.15. The predicted molar refractivity (Wildman–Crippen MR) is 116 cm³/mol. The zero-order valence-corrected chi connectivity index (χ0v) is 18.0. The van der Waals surface area contributed by atoms with E-state index in [1.54, 1.807) is 6.92 Å². The van der Waals surface area contributed by atoms with Crippen LogP contribution in [-0.2, 0) is 19.1 Å². The molecule has 0 aromatic rings. The second kappa shape index (κ2) is 25.6. The van der Waals surface area contributed by atoms with Gasteiger partial charge in [0.1, 0.15) is 19.8 Å². The third kappa shape index (κ3) is 58.6. The van der Waals surface area contributed by atoms with E-state index in [0.717, 1.165) is 11.0 Å².